The lowest BCUT2D eigenvalue weighted by atomic mass is 10.1. The smallest absolute Gasteiger partial charge is 0.274 e. The molecule has 18 heavy (non-hydrogen) atoms. The third-order valence-corrected chi connectivity index (χ3v) is 3.59. The lowest BCUT2D eigenvalue weighted by molar-refractivity contribution is 0.0348. The third-order valence-electron chi connectivity index (χ3n) is 3.08. The highest BCUT2D eigenvalue weighted by molar-refractivity contribution is 6.34. The first kappa shape index (κ1) is 13.6. The van der Waals surface area contributed by atoms with Crippen LogP contribution < -0.4 is 0 Å². The van der Waals surface area contributed by atoms with Crippen molar-refractivity contribution in [1.82, 2.24) is 9.88 Å². The molecule has 0 N–H and O–H groups in total. The summed E-state index contributed by atoms with van der Waals surface area (Å²) >= 11 is 11.8. The van der Waals surface area contributed by atoms with E-state index in [4.69, 9.17) is 27.9 Å². The molecule has 0 aliphatic carbocycles. The minimum absolute atomic E-state index is 0.169. The molecular formula is C12H14Cl2N2O2. The summed E-state index contributed by atoms with van der Waals surface area (Å²) in [7, 11) is 1.69. The van der Waals surface area contributed by atoms with Gasteiger partial charge in [-0.2, -0.15) is 0 Å². The van der Waals surface area contributed by atoms with E-state index in [1.54, 1.807) is 24.1 Å². The second-order valence-corrected chi connectivity index (χ2v) is 4.99. The molecule has 0 saturated carbocycles. The van der Waals surface area contributed by atoms with Crippen molar-refractivity contribution in [3.8, 4) is 0 Å². The lowest BCUT2D eigenvalue weighted by Crippen LogP contribution is -2.41. The second-order valence-electron chi connectivity index (χ2n) is 4.19. The molecule has 2 rings (SSSR count). The predicted molar refractivity (Wildman–Crippen MR) is 70.2 cm³/mol. The van der Waals surface area contributed by atoms with Gasteiger partial charge in [-0.1, -0.05) is 23.2 Å². The topological polar surface area (TPSA) is 42.4 Å². The molecule has 0 unspecified atom stereocenters. The number of piperidine rings is 1. The fourth-order valence-corrected chi connectivity index (χ4v) is 2.35. The zero-order valence-electron chi connectivity index (χ0n) is 10.0. The third kappa shape index (κ3) is 2.94. The summed E-state index contributed by atoms with van der Waals surface area (Å²) in [4.78, 5) is 18.0. The first-order valence-corrected chi connectivity index (χ1v) is 6.51. The summed E-state index contributed by atoms with van der Waals surface area (Å²) in [6.07, 6.45) is 1.90. The Hall–Kier alpha value is -0.840. The molecule has 1 amide bonds. The fourth-order valence-electron chi connectivity index (χ4n) is 2.01. The minimum Gasteiger partial charge on any atom is -0.381 e. The van der Waals surface area contributed by atoms with Gasteiger partial charge in [0.1, 0.15) is 10.8 Å². The van der Waals surface area contributed by atoms with Crippen molar-refractivity contribution in [2.75, 3.05) is 20.2 Å². The zero-order valence-corrected chi connectivity index (χ0v) is 11.5. The van der Waals surface area contributed by atoms with E-state index in [0.29, 0.717) is 18.1 Å². The van der Waals surface area contributed by atoms with Crippen molar-refractivity contribution in [3.63, 3.8) is 0 Å². The average Bonchev–Trinajstić information content (AvgIpc) is 2.41. The highest BCUT2D eigenvalue weighted by Gasteiger charge is 2.25. The summed E-state index contributed by atoms with van der Waals surface area (Å²) in [5.41, 5.74) is 0.222. The maximum absolute atomic E-state index is 12.2. The van der Waals surface area contributed by atoms with E-state index in [-0.39, 0.29) is 22.9 Å². The summed E-state index contributed by atoms with van der Waals surface area (Å²) in [6.45, 7) is 1.31. The number of hydrogen-bond donors (Lipinski definition) is 0. The summed E-state index contributed by atoms with van der Waals surface area (Å²) < 4.78 is 5.27. The maximum Gasteiger partial charge on any atom is 0.274 e. The molecular weight excluding hydrogens is 275 g/mol. The summed E-state index contributed by atoms with van der Waals surface area (Å²) in [6, 6.07) is 3.16. The number of carbonyl (C=O) groups is 1. The normalized spacial score (nSPS) is 16.9. The van der Waals surface area contributed by atoms with Crippen LogP contribution in [0.2, 0.25) is 10.2 Å². The van der Waals surface area contributed by atoms with Crippen LogP contribution in [0.15, 0.2) is 12.1 Å². The monoisotopic (exact) mass is 288 g/mol. The Labute approximate surface area is 116 Å². The maximum atomic E-state index is 12.2. The number of halogens is 2. The highest BCUT2D eigenvalue weighted by Crippen LogP contribution is 2.21. The molecule has 0 aromatic carbocycles. The number of ether oxygens (including phenoxy) is 1. The molecule has 2 heterocycles. The molecule has 1 fully saturated rings. The van der Waals surface area contributed by atoms with Crippen molar-refractivity contribution >= 4 is 29.1 Å². The van der Waals surface area contributed by atoms with Gasteiger partial charge in [0.05, 0.1) is 11.1 Å². The first-order valence-electron chi connectivity index (χ1n) is 5.76. The Balaban J connectivity index is 2.10. The first-order chi connectivity index (χ1) is 8.61. The van der Waals surface area contributed by atoms with Crippen molar-refractivity contribution < 1.29 is 9.53 Å². The number of likely N-dealkylation sites (tertiary alicyclic amines) is 1. The molecule has 0 atom stereocenters. The van der Waals surface area contributed by atoms with Gasteiger partial charge in [-0.15, -0.1) is 0 Å². The molecule has 4 nitrogen and oxygen atoms in total. The molecule has 0 spiro atoms. The van der Waals surface area contributed by atoms with Crippen LogP contribution in [0.1, 0.15) is 23.3 Å². The predicted octanol–water partition coefficient (Wildman–Crippen LogP) is 2.64. The van der Waals surface area contributed by atoms with E-state index in [0.717, 1.165) is 12.8 Å². The van der Waals surface area contributed by atoms with Crippen LogP contribution in [0, 0.1) is 0 Å². The fraction of sp³-hybridized carbons (Fsp3) is 0.500. The van der Waals surface area contributed by atoms with E-state index in [2.05, 4.69) is 4.98 Å². The Morgan fingerprint density at radius 1 is 1.39 bits per heavy atom. The Morgan fingerprint density at radius 2 is 2.06 bits per heavy atom. The van der Waals surface area contributed by atoms with Crippen molar-refractivity contribution in [1.29, 1.82) is 0 Å². The highest BCUT2D eigenvalue weighted by atomic mass is 35.5. The van der Waals surface area contributed by atoms with Crippen LogP contribution in [0.3, 0.4) is 0 Å². The van der Waals surface area contributed by atoms with E-state index in [9.17, 15) is 4.79 Å². The molecule has 1 aliphatic rings. The Morgan fingerprint density at radius 3 is 2.67 bits per heavy atom. The average molecular weight is 289 g/mol. The molecule has 1 aromatic heterocycles. The molecule has 0 radical (unpaired) electrons. The quantitative estimate of drug-likeness (QED) is 0.786. The van der Waals surface area contributed by atoms with Crippen LogP contribution in [0.25, 0.3) is 0 Å². The van der Waals surface area contributed by atoms with Gasteiger partial charge in [0.25, 0.3) is 5.91 Å². The van der Waals surface area contributed by atoms with E-state index in [1.165, 1.54) is 0 Å². The zero-order chi connectivity index (χ0) is 13.1. The number of aromatic nitrogens is 1. The van der Waals surface area contributed by atoms with Gasteiger partial charge in [0.2, 0.25) is 0 Å². The number of methoxy groups -OCH3 is 1. The summed E-state index contributed by atoms with van der Waals surface area (Å²) in [5.74, 6) is -0.169. The van der Waals surface area contributed by atoms with Gasteiger partial charge in [0.15, 0.2) is 0 Å². The number of rotatable bonds is 2. The van der Waals surface area contributed by atoms with Gasteiger partial charge in [-0.25, -0.2) is 4.98 Å². The SMILES string of the molecule is COC1CCN(C(=O)c2nc(Cl)ccc2Cl)CC1. The van der Waals surface area contributed by atoms with Gasteiger partial charge in [-0.3, -0.25) is 4.79 Å². The van der Waals surface area contributed by atoms with Gasteiger partial charge in [0, 0.05) is 20.2 Å². The molecule has 6 heteroatoms. The van der Waals surface area contributed by atoms with Crippen molar-refractivity contribution in [3.05, 3.63) is 28.0 Å². The molecule has 1 aliphatic heterocycles. The standard InChI is InChI=1S/C12H14Cl2N2O2/c1-18-8-4-6-16(7-5-8)12(17)11-9(13)2-3-10(14)15-11/h2-3,8H,4-7H2,1H3. The minimum atomic E-state index is -0.169. The van der Waals surface area contributed by atoms with Crippen LogP contribution in [-0.2, 0) is 4.74 Å². The van der Waals surface area contributed by atoms with Crippen molar-refractivity contribution in [2.45, 2.75) is 18.9 Å². The number of amides is 1. The number of hydrogen-bond acceptors (Lipinski definition) is 3. The van der Waals surface area contributed by atoms with Crippen LogP contribution >= 0.6 is 23.2 Å². The largest absolute Gasteiger partial charge is 0.381 e. The molecule has 1 saturated heterocycles. The van der Waals surface area contributed by atoms with E-state index >= 15 is 0 Å². The Kier molecular flexibility index (Phi) is 4.43. The summed E-state index contributed by atoms with van der Waals surface area (Å²) in [5, 5.41) is 0.604. The van der Waals surface area contributed by atoms with E-state index < -0.39 is 0 Å². The number of pyridine rings is 1. The Bertz CT molecular complexity index is 446. The number of nitrogens with zero attached hydrogens (tertiary/aromatic N) is 2. The lowest BCUT2D eigenvalue weighted by Gasteiger charge is -2.31. The van der Waals surface area contributed by atoms with Crippen LogP contribution in [0.5, 0.6) is 0 Å². The van der Waals surface area contributed by atoms with Gasteiger partial charge in [-0.05, 0) is 25.0 Å². The van der Waals surface area contributed by atoms with Gasteiger partial charge < -0.3 is 9.64 Å². The van der Waals surface area contributed by atoms with Crippen LogP contribution in [-0.4, -0.2) is 42.1 Å². The van der Waals surface area contributed by atoms with Gasteiger partial charge >= 0.3 is 0 Å². The van der Waals surface area contributed by atoms with E-state index in [1.807, 2.05) is 0 Å². The van der Waals surface area contributed by atoms with Crippen molar-refractivity contribution in [2.24, 2.45) is 0 Å². The molecule has 98 valence electrons. The molecule has 1 aromatic rings. The second kappa shape index (κ2) is 5.87. The van der Waals surface area contributed by atoms with Crippen LogP contribution in [0.4, 0.5) is 0 Å². The molecule has 0 bridgehead atoms. The number of carbonyl (C=O) groups excluding carboxylic acids is 1.